The van der Waals surface area contributed by atoms with Crippen LogP contribution < -0.4 is 14.8 Å². The summed E-state index contributed by atoms with van der Waals surface area (Å²) >= 11 is 1.41. The fourth-order valence-corrected chi connectivity index (χ4v) is 5.03. The number of halogens is 1. The first-order valence-corrected chi connectivity index (χ1v) is 11.5. The Balaban J connectivity index is 1.70. The van der Waals surface area contributed by atoms with Gasteiger partial charge in [0, 0.05) is 24.7 Å². The van der Waals surface area contributed by atoms with Gasteiger partial charge in [0.2, 0.25) is 0 Å². The molecule has 2 atom stereocenters. The highest BCUT2D eigenvalue weighted by Gasteiger charge is 2.34. The summed E-state index contributed by atoms with van der Waals surface area (Å²) in [5.74, 6) is 0.995. The van der Waals surface area contributed by atoms with Crippen LogP contribution in [0.15, 0.2) is 53.9 Å². The van der Waals surface area contributed by atoms with Gasteiger partial charge in [-0.15, -0.1) is 11.3 Å². The minimum atomic E-state index is -0.223. The average Bonchev–Trinajstić information content (AvgIpc) is 3.34. The van der Waals surface area contributed by atoms with Crippen LogP contribution in [0.25, 0.3) is 0 Å². The van der Waals surface area contributed by atoms with Gasteiger partial charge in [-0.1, -0.05) is 24.3 Å². The van der Waals surface area contributed by atoms with Gasteiger partial charge in [0.15, 0.2) is 11.5 Å². The SMILES string of the molecule is COc1cc2c(cc1OC)[C@@H]([C@@H](C)NC(=O)c1cccs1)N(Cc1ccccc1F)CC2. The number of fused-ring (bicyclic) bond motifs is 1. The predicted octanol–water partition coefficient (Wildman–Crippen LogP) is 4.82. The third kappa shape index (κ3) is 4.49. The Morgan fingerprint density at radius 1 is 1.19 bits per heavy atom. The van der Waals surface area contributed by atoms with Crippen molar-refractivity contribution in [1.29, 1.82) is 0 Å². The Morgan fingerprint density at radius 2 is 1.94 bits per heavy atom. The standard InChI is InChI=1S/C25H27FN2O3S/c1-16(27-25(29)23-9-6-12-32-23)24-19-14-22(31-3)21(30-2)13-17(19)10-11-28(24)15-18-7-4-5-8-20(18)26/h4-9,12-14,16,24H,10-11,15H2,1-3H3,(H,27,29)/t16-,24-/m1/s1. The molecule has 7 heteroatoms. The van der Waals surface area contributed by atoms with E-state index in [1.165, 1.54) is 17.4 Å². The quantitative estimate of drug-likeness (QED) is 0.556. The summed E-state index contributed by atoms with van der Waals surface area (Å²) in [6.07, 6.45) is 0.798. The number of benzene rings is 2. The van der Waals surface area contributed by atoms with E-state index in [1.807, 2.05) is 48.7 Å². The van der Waals surface area contributed by atoms with E-state index in [4.69, 9.17) is 9.47 Å². The van der Waals surface area contributed by atoms with Crippen LogP contribution in [-0.2, 0) is 13.0 Å². The maximum atomic E-state index is 14.5. The summed E-state index contributed by atoms with van der Waals surface area (Å²) in [6, 6.07) is 14.1. The molecule has 1 N–H and O–H groups in total. The van der Waals surface area contributed by atoms with Crippen molar-refractivity contribution in [3.8, 4) is 11.5 Å². The van der Waals surface area contributed by atoms with Crippen molar-refractivity contribution < 1.29 is 18.7 Å². The van der Waals surface area contributed by atoms with Crippen molar-refractivity contribution in [2.75, 3.05) is 20.8 Å². The number of thiophene rings is 1. The zero-order valence-corrected chi connectivity index (χ0v) is 19.2. The third-order valence-electron chi connectivity index (χ3n) is 5.93. The van der Waals surface area contributed by atoms with Crippen molar-refractivity contribution in [2.45, 2.75) is 32.0 Å². The zero-order valence-electron chi connectivity index (χ0n) is 18.4. The number of amides is 1. The molecule has 32 heavy (non-hydrogen) atoms. The lowest BCUT2D eigenvalue weighted by Gasteiger charge is -2.41. The number of hydrogen-bond donors (Lipinski definition) is 1. The van der Waals surface area contributed by atoms with Gasteiger partial charge >= 0.3 is 0 Å². The highest BCUT2D eigenvalue weighted by molar-refractivity contribution is 7.12. The van der Waals surface area contributed by atoms with Crippen molar-refractivity contribution in [3.05, 3.63) is 81.3 Å². The Labute approximate surface area is 191 Å². The van der Waals surface area contributed by atoms with Gasteiger partial charge in [-0.25, -0.2) is 4.39 Å². The van der Waals surface area contributed by atoms with E-state index in [-0.39, 0.29) is 23.8 Å². The van der Waals surface area contributed by atoms with Crippen LogP contribution >= 0.6 is 11.3 Å². The van der Waals surface area contributed by atoms with E-state index in [2.05, 4.69) is 10.2 Å². The van der Waals surface area contributed by atoms with E-state index in [1.54, 1.807) is 20.3 Å². The maximum absolute atomic E-state index is 14.5. The first-order valence-electron chi connectivity index (χ1n) is 10.6. The number of rotatable bonds is 7. The second kappa shape index (κ2) is 9.71. The van der Waals surface area contributed by atoms with E-state index in [9.17, 15) is 9.18 Å². The number of nitrogens with zero attached hydrogens (tertiary/aromatic N) is 1. The number of hydrogen-bond acceptors (Lipinski definition) is 5. The smallest absolute Gasteiger partial charge is 0.261 e. The molecule has 0 saturated heterocycles. The van der Waals surface area contributed by atoms with Gasteiger partial charge in [-0.2, -0.15) is 0 Å². The van der Waals surface area contributed by atoms with E-state index >= 15 is 0 Å². The van der Waals surface area contributed by atoms with Gasteiger partial charge in [0.05, 0.1) is 25.1 Å². The van der Waals surface area contributed by atoms with Crippen LogP contribution in [0.1, 0.15) is 39.3 Å². The molecule has 0 bridgehead atoms. The molecule has 2 heterocycles. The molecule has 0 spiro atoms. The number of nitrogens with one attached hydrogen (secondary N) is 1. The summed E-state index contributed by atoms with van der Waals surface area (Å²) in [5.41, 5.74) is 2.84. The molecule has 0 radical (unpaired) electrons. The van der Waals surface area contributed by atoms with Crippen LogP contribution in [0.5, 0.6) is 11.5 Å². The molecule has 168 valence electrons. The molecule has 4 rings (SSSR count). The van der Waals surface area contributed by atoms with Crippen molar-refractivity contribution in [1.82, 2.24) is 10.2 Å². The number of carbonyl (C=O) groups is 1. The molecule has 5 nitrogen and oxygen atoms in total. The number of methoxy groups -OCH3 is 2. The Kier molecular flexibility index (Phi) is 6.77. The molecule has 2 aromatic carbocycles. The van der Waals surface area contributed by atoms with Gasteiger partial charge in [0.25, 0.3) is 5.91 Å². The summed E-state index contributed by atoms with van der Waals surface area (Å²) in [6.45, 7) is 3.18. The first kappa shape index (κ1) is 22.3. The summed E-state index contributed by atoms with van der Waals surface area (Å²) in [4.78, 5) is 15.7. The van der Waals surface area contributed by atoms with Crippen LogP contribution in [0, 0.1) is 5.82 Å². The maximum Gasteiger partial charge on any atom is 0.261 e. The lowest BCUT2D eigenvalue weighted by Crippen LogP contribution is -2.47. The second-order valence-electron chi connectivity index (χ2n) is 7.90. The van der Waals surface area contributed by atoms with Gasteiger partial charge in [-0.05, 0) is 54.1 Å². The van der Waals surface area contributed by atoms with Crippen LogP contribution in [0.4, 0.5) is 4.39 Å². The molecule has 1 amide bonds. The molecule has 0 fully saturated rings. The van der Waals surface area contributed by atoms with E-state index in [0.29, 0.717) is 28.5 Å². The summed E-state index contributed by atoms with van der Waals surface area (Å²) in [5, 5.41) is 5.04. The Bertz CT molecular complexity index is 1090. The molecule has 0 saturated carbocycles. The van der Waals surface area contributed by atoms with Crippen molar-refractivity contribution in [2.24, 2.45) is 0 Å². The van der Waals surface area contributed by atoms with E-state index < -0.39 is 0 Å². The predicted molar refractivity (Wildman–Crippen MR) is 124 cm³/mol. The molecule has 3 aromatic rings. The van der Waals surface area contributed by atoms with Crippen molar-refractivity contribution >= 4 is 17.2 Å². The average molecular weight is 455 g/mol. The highest BCUT2D eigenvalue weighted by Crippen LogP contribution is 2.40. The van der Waals surface area contributed by atoms with E-state index in [0.717, 1.165) is 24.1 Å². The normalized spacial score (nSPS) is 16.8. The summed E-state index contributed by atoms with van der Waals surface area (Å²) in [7, 11) is 3.24. The largest absolute Gasteiger partial charge is 0.493 e. The van der Waals surface area contributed by atoms with Crippen molar-refractivity contribution in [3.63, 3.8) is 0 Å². The monoisotopic (exact) mass is 454 g/mol. The van der Waals surface area contributed by atoms with Crippen LogP contribution in [0.3, 0.4) is 0 Å². The fourth-order valence-electron chi connectivity index (χ4n) is 4.40. The van der Waals surface area contributed by atoms with Gasteiger partial charge in [0.1, 0.15) is 5.82 Å². The molecular weight excluding hydrogens is 427 g/mol. The molecule has 1 aliphatic rings. The first-order chi connectivity index (χ1) is 15.5. The molecule has 1 aromatic heterocycles. The summed E-state index contributed by atoms with van der Waals surface area (Å²) < 4.78 is 25.5. The number of ether oxygens (including phenoxy) is 2. The molecule has 0 unspecified atom stereocenters. The Hall–Kier alpha value is -2.90. The minimum Gasteiger partial charge on any atom is -0.493 e. The fraction of sp³-hybridized carbons (Fsp3) is 0.320. The van der Waals surface area contributed by atoms with Crippen LogP contribution in [-0.4, -0.2) is 37.6 Å². The second-order valence-corrected chi connectivity index (χ2v) is 8.85. The lowest BCUT2D eigenvalue weighted by atomic mass is 9.87. The zero-order chi connectivity index (χ0) is 22.7. The number of carbonyl (C=O) groups excluding carboxylic acids is 1. The molecule has 1 aliphatic heterocycles. The minimum absolute atomic E-state index is 0.106. The van der Waals surface area contributed by atoms with Gasteiger partial charge < -0.3 is 14.8 Å². The third-order valence-corrected chi connectivity index (χ3v) is 6.80. The molecular formula is C25H27FN2O3S. The highest BCUT2D eigenvalue weighted by atomic mass is 32.1. The van der Waals surface area contributed by atoms with Crippen LogP contribution in [0.2, 0.25) is 0 Å². The van der Waals surface area contributed by atoms with Gasteiger partial charge in [-0.3, -0.25) is 9.69 Å². The molecule has 0 aliphatic carbocycles. The topological polar surface area (TPSA) is 50.8 Å². The Morgan fingerprint density at radius 3 is 2.62 bits per heavy atom. The lowest BCUT2D eigenvalue weighted by molar-refractivity contribution is 0.0879.